The van der Waals surface area contributed by atoms with E-state index in [1.807, 2.05) is 13.1 Å². The van der Waals surface area contributed by atoms with Crippen LogP contribution in [0.5, 0.6) is 0 Å². The molecule has 26 heavy (non-hydrogen) atoms. The normalized spacial score (nSPS) is 12.2. The van der Waals surface area contributed by atoms with E-state index >= 15 is 0 Å². The lowest BCUT2D eigenvalue weighted by atomic mass is 10.1. The van der Waals surface area contributed by atoms with E-state index in [4.69, 9.17) is 23.2 Å². The van der Waals surface area contributed by atoms with Crippen LogP contribution in [0.4, 0.5) is 5.95 Å². The average Bonchev–Trinajstić information content (AvgIpc) is 3.20. The van der Waals surface area contributed by atoms with Gasteiger partial charge in [0.25, 0.3) is 0 Å². The monoisotopic (exact) mass is 456 g/mol. The summed E-state index contributed by atoms with van der Waals surface area (Å²) in [5.74, 6) is -0.261. The fourth-order valence-electron chi connectivity index (χ4n) is 2.31. The quantitative estimate of drug-likeness (QED) is 0.609. The number of carbonyl (C=O) groups is 1. The molecule has 0 aliphatic carbocycles. The Hall–Kier alpha value is -1.90. The summed E-state index contributed by atoms with van der Waals surface area (Å²) in [5.41, 5.74) is 0.747. The number of benzene rings is 1. The first-order valence-electron chi connectivity index (χ1n) is 7.73. The third kappa shape index (κ3) is 4.63. The SMILES string of the molecule is CC(Cn1cc(Br)cn1)C(=O)Nc1ncn(Cc2c(Cl)cccc2Cl)n1. The molecule has 2 aromatic heterocycles. The summed E-state index contributed by atoms with van der Waals surface area (Å²) in [5, 5.41) is 12.2. The molecule has 0 aliphatic heterocycles. The van der Waals surface area contributed by atoms with Crippen molar-refractivity contribution in [1.82, 2.24) is 24.5 Å². The van der Waals surface area contributed by atoms with Crippen LogP contribution in [0, 0.1) is 5.92 Å². The standard InChI is InChI=1S/C16H15BrCl2N6O/c1-10(6-24-7-11(17)5-21-24)15(26)22-16-20-9-25(23-16)8-12-13(18)3-2-4-14(12)19/h2-5,7,9-10H,6,8H2,1H3,(H,22,23,26). The van der Waals surface area contributed by atoms with Crippen molar-refractivity contribution in [2.24, 2.45) is 5.92 Å². The number of amides is 1. The Morgan fingerprint density at radius 3 is 2.69 bits per heavy atom. The lowest BCUT2D eigenvalue weighted by Gasteiger charge is -2.10. The Kier molecular flexibility index (Phi) is 5.95. The van der Waals surface area contributed by atoms with E-state index in [1.54, 1.807) is 33.8 Å². The second-order valence-corrected chi connectivity index (χ2v) is 7.47. The minimum Gasteiger partial charge on any atom is -0.293 e. The molecule has 1 unspecified atom stereocenters. The molecule has 0 saturated carbocycles. The summed E-state index contributed by atoms with van der Waals surface area (Å²) in [6.07, 6.45) is 5.00. The zero-order valence-corrected chi connectivity index (χ0v) is 16.8. The van der Waals surface area contributed by atoms with Crippen LogP contribution in [0.2, 0.25) is 10.0 Å². The van der Waals surface area contributed by atoms with Crippen molar-refractivity contribution in [3.63, 3.8) is 0 Å². The maximum absolute atomic E-state index is 12.3. The fraction of sp³-hybridized carbons (Fsp3) is 0.250. The topological polar surface area (TPSA) is 77.6 Å². The lowest BCUT2D eigenvalue weighted by molar-refractivity contribution is -0.119. The maximum atomic E-state index is 12.3. The maximum Gasteiger partial charge on any atom is 0.248 e. The first-order valence-corrected chi connectivity index (χ1v) is 9.28. The molecular weight excluding hydrogens is 443 g/mol. The number of aromatic nitrogens is 5. The number of halogens is 3. The highest BCUT2D eigenvalue weighted by atomic mass is 79.9. The van der Waals surface area contributed by atoms with Crippen molar-refractivity contribution < 1.29 is 4.79 Å². The molecular formula is C16H15BrCl2N6O. The molecule has 10 heteroatoms. The molecule has 0 saturated heterocycles. The van der Waals surface area contributed by atoms with Gasteiger partial charge < -0.3 is 0 Å². The molecule has 7 nitrogen and oxygen atoms in total. The van der Waals surface area contributed by atoms with Crippen LogP contribution in [0.15, 0.2) is 41.4 Å². The molecule has 2 heterocycles. The minimum absolute atomic E-state index is 0.190. The van der Waals surface area contributed by atoms with Gasteiger partial charge in [0.2, 0.25) is 11.9 Å². The van der Waals surface area contributed by atoms with Crippen molar-refractivity contribution in [3.8, 4) is 0 Å². The fourth-order valence-corrected chi connectivity index (χ4v) is 3.15. The van der Waals surface area contributed by atoms with Crippen molar-refractivity contribution in [2.45, 2.75) is 20.0 Å². The smallest absolute Gasteiger partial charge is 0.248 e. The van der Waals surface area contributed by atoms with E-state index < -0.39 is 0 Å². The number of hydrogen-bond donors (Lipinski definition) is 1. The van der Waals surface area contributed by atoms with Crippen molar-refractivity contribution >= 4 is 51.0 Å². The van der Waals surface area contributed by atoms with Crippen molar-refractivity contribution in [1.29, 1.82) is 0 Å². The highest BCUT2D eigenvalue weighted by Gasteiger charge is 2.16. The van der Waals surface area contributed by atoms with E-state index in [0.29, 0.717) is 23.1 Å². The van der Waals surface area contributed by atoms with Gasteiger partial charge in [0, 0.05) is 21.8 Å². The van der Waals surface area contributed by atoms with Crippen LogP contribution in [0.3, 0.4) is 0 Å². The number of hydrogen-bond acceptors (Lipinski definition) is 4. The van der Waals surface area contributed by atoms with Crippen LogP contribution in [0.25, 0.3) is 0 Å². The molecule has 0 radical (unpaired) electrons. The van der Waals surface area contributed by atoms with Gasteiger partial charge in [-0.25, -0.2) is 9.67 Å². The summed E-state index contributed by atoms with van der Waals surface area (Å²) >= 11 is 15.7. The van der Waals surface area contributed by atoms with E-state index in [0.717, 1.165) is 10.0 Å². The average molecular weight is 458 g/mol. The molecule has 3 aromatic rings. The zero-order chi connectivity index (χ0) is 18.7. The van der Waals surface area contributed by atoms with Gasteiger partial charge in [-0.1, -0.05) is 36.2 Å². The molecule has 1 N–H and O–H groups in total. The molecule has 0 bridgehead atoms. The first kappa shape index (κ1) is 18.9. The van der Waals surface area contributed by atoms with Crippen LogP contribution in [0.1, 0.15) is 12.5 Å². The van der Waals surface area contributed by atoms with Gasteiger partial charge in [-0.2, -0.15) is 5.10 Å². The summed E-state index contributed by atoms with van der Waals surface area (Å²) in [7, 11) is 0. The third-order valence-corrected chi connectivity index (χ3v) is 4.78. The molecule has 136 valence electrons. The van der Waals surface area contributed by atoms with Gasteiger partial charge in [0.1, 0.15) is 6.33 Å². The molecule has 0 spiro atoms. The Morgan fingerprint density at radius 1 is 1.31 bits per heavy atom. The minimum atomic E-state index is -0.299. The predicted octanol–water partition coefficient (Wildman–Crippen LogP) is 3.87. The van der Waals surface area contributed by atoms with Gasteiger partial charge in [-0.15, -0.1) is 5.10 Å². The van der Waals surface area contributed by atoms with Gasteiger partial charge in [0.05, 0.1) is 29.7 Å². The van der Waals surface area contributed by atoms with Crippen LogP contribution < -0.4 is 5.32 Å². The lowest BCUT2D eigenvalue weighted by Crippen LogP contribution is -2.25. The third-order valence-electron chi connectivity index (χ3n) is 3.66. The Labute approximate surface area is 168 Å². The second-order valence-electron chi connectivity index (χ2n) is 5.74. The van der Waals surface area contributed by atoms with E-state index in [1.165, 1.54) is 6.33 Å². The first-order chi connectivity index (χ1) is 12.4. The zero-order valence-electron chi connectivity index (χ0n) is 13.7. The number of nitrogens with one attached hydrogen (secondary N) is 1. The predicted molar refractivity (Wildman–Crippen MR) is 103 cm³/mol. The molecule has 3 rings (SSSR count). The van der Waals surface area contributed by atoms with Gasteiger partial charge in [0.15, 0.2) is 0 Å². The van der Waals surface area contributed by atoms with E-state index in [2.05, 4.69) is 36.4 Å². The molecule has 1 aromatic carbocycles. The number of rotatable bonds is 6. The van der Waals surface area contributed by atoms with Crippen LogP contribution >= 0.6 is 39.1 Å². The van der Waals surface area contributed by atoms with Crippen LogP contribution in [-0.4, -0.2) is 30.5 Å². The van der Waals surface area contributed by atoms with Gasteiger partial charge in [-0.3, -0.25) is 14.8 Å². The van der Waals surface area contributed by atoms with Crippen LogP contribution in [-0.2, 0) is 17.9 Å². The Morgan fingerprint density at radius 2 is 2.04 bits per heavy atom. The molecule has 1 amide bonds. The Balaban J connectivity index is 1.61. The summed E-state index contributed by atoms with van der Waals surface area (Å²) in [4.78, 5) is 16.4. The number of anilines is 1. The molecule has 0 aliphatic rings. The summed E-state index contributed by atoms with van der Waals surface area (Å²) < 4.78 is 4.13. The summed E-state index contributed by atoms with van der Waals surface area (Å²) in [6.45, 7) is 2.62. The Bertz CT molecular complexity index is 905. The highest BCUT2D eigenvalue weighted by Crippen LogP contribution is 2.24. The van der Waals surface area contributed by atoms with Crippen molar-refractivity contribution in [3.05, 3.63) is 57.0 Å². The molecule has 1 atom stereocenters. The van der Waals surface area contributed by atoms with Crippen molar-refractivity contribution in [2.75, 3.05) is 5.32 Å². The van der Waals surface area contributed by atoms with Gasteiger partial charge >= 0.3 is 0 Å². The number of carbonyl (C=O) groups excluding carboxylic acids is 1. The van der Waals surface area contributed by atoms with Gasteiger partial charge in [-0.05, 0) is 28.1 Å². The van der Waals surface area contributed by atoms with E-state index in [-0.39, 0.29) is 17.8 Å². The highest BCUT2D eigenvalue weighted by molar-refractivity contribution is 9.10. The number of nitrogens with zero attached hydrogens (tertiary/aromatic N) is 5. The largest absolute Gasteiger partial charge is 0.293 e. The molecule has 0 fully saturated rings. The second kappa shape index (κ2) is 8.20. The summed E-state index contributed by atoms with van der Waals surface area (Å²) in [6, 6.07) is 5.30. The van der Waals surface area contributed by atoms with E-state index in [9.17, 15) is 4.79 Å².